The number of cyclic esters (lactones) is 1. The maximum absolute atomic E-state index is 13.8. The molecule has 2 aliphatic carbocycles. The van der Waals surface area contributed by atoms with Gasteiger partial charge in [0.15, 0.2) is 0 Å². The Bertz CT molecular complexity index is 1430. The van der Waals surface area contributed by atoms with Crippen molar-refractivity contribution in [2.24, 2.45) is 17.3 Å². The van der Waals surface area contributed by atoms with E-state index < -0.39 is 65.7 Å². The zero-order valence-electron chi connectivity index (χ0n) is 27.4. The molecule has 0 aromatic heterocycles. The SMILES string of the molecule is CCCN(CC1CCC(C(=O)OC)CC1)c1ccc(OC(F)(F)F)cc1CN1C(=O)O[C@H](C2(C)C=C(C(F)(F)F)C=C(C(F)(F)F)C2)[C@@H]1C. The van der Waals surface area contributed by atoms with Crippen LogP contribution >= 0.6 is 0 Å². The van der Waals surface area contributed by atoms with Crippen molar-refractivity contribution in [1.29, 1.82) is 0 Å². The summed E-state index contributed by atoms with van der Waals surface area (Å²) < 4.78 is 137. The summed E-state index contributed by atoms with van der Waals surface area (Å²) in [6, 6.07) is 2.59. The Morgan fingerprint density at radius 1 is 1.04 bits per heavy atom. The monoisotopic (exact) mass is 714 g/mol. The molecular formula is C33H39F9N2O5. The number of rotatable bonds is 10. The van der Waals surface area contributed by atoms with E-state index in [-0.39, 0.29) is 36.0 Å². The van der Waals surface area contributed by atoms with E-state index in [2.05, 4.69) is 4.74 Å². The quantitative estimate of drug-likeness (QED) is 0.178. The van der Waals surface area contributed by atoms with Gasteiger partial charge in [0, 0.05) is 29.8 Å². The maximum Gasteiger partial charge on any atom is 0.573 e. The Morgan fingerprint density at radius 3 is 2.24 bits per heavy atom. The van der Waals surface area contributed by atoms with Crippen molar-refractivity contribution in [3.63, 3.8) is 0 Å². The average molecular weight is 715 g/mol. The summed E-state index contributed by atoms with van der Waals surface area (Å²) in [4.78, 5) is 28.3. The van der Waals surface area contributed by atoms with Crippen LogP contribution in [0.15, 0.2) is 41.5 Å². The van der Waals surface area contributed by atoms with Gasteiger partial charge in [-0.15, -0.1) is 13.2 Å². The second-order valence-corrected chi connectivity index (χ2v) is 13.1. The lowest BCUT2D eigenvalue weighted by atomic mass is 9.71. The lowest BCUT2D eigenvalue weighted by molar-refractivity contribution is -0.274. The van der Waals surface area contributed by atoms with Crippen LogP contribution in [0.1, 0.15) is 64.9 Å². The standard InChI is InChI=1S/C33H39F9N2O5/c1-5-12-43(17-20-6-8-21(9-7-20)28(45)47-4)26-11-10-25(49-33(40,41)42)13-22(26)18-44-19(2)27(48-29(44)46)30(3)15-23(31(34,35)36)14-24(16-30)32(37,38)39/h10-11,13-15,19-21,27H,5-9,12,16-18H2,1-4H3/t19-,20?,21?,27-,30?/m0/s1. The first-order valence-electron chi connectivity index (χ1n) is 15.9. The molecule has 1 saturated heterocycles. The smallest absolute Gasteiger partial charge is 0.469 e. The van der Waals surface area contributed by atoms with Crippen molar-refractivity contribution in [2.45, 2.75) is 96.7 Å². The van der Waals surface area contributed by atoms with Gasteiger partial charge in [0.1, 0.15) is 11.9 Å². The zero-order valence-corrected chi connectivity index (χ0v) is 27.4. The number of esters is 1. The predicted octanol–water partition coefficient (Wildman–Crippen LogP) is 8.88. The molecule has 0 spiro atoms. The number of methoxy groups -OCH3 is 1. The Hall–Kier alpha value is -3.59. The predicted molar refractivity (Wildman–Crippen MR) is 159 cm³/mol. The molecule has 1 aliphatic heterocycles. The molecule has 3 aliphatic rings. The molecule has 0 radical (unpaired) electrons. The topological polar surface area (TPSA) is 68.3 Å². The molecule has 3 atom stereocenters. The third-order valence-corrected chi connectivity index (χ3v) is 9.44. The first-order valence-corrected chi connectivity index (χ1v) is 15.9. The van der Waals surface area contributed by atoms with Gasteiger partial charge in [-0.3, -0.25) is 9.69 Å². The van der Waals surface area contributed by atoms with Crippen LogP contribution in [-0.2, 0) is 20.8 Å². The molecule has 1 aromatic carbocycles. The van der Waals surface area contributed by atoms with Gasteiger partial charge in [-0.05, 0) is 81.2 Å². The second-order valence-electron chi connectivity index (χ2n) is 13.1. The minimum Gasteiger partial charge on any atom is -0.469 e. The number of halogens is 9. The van der Waals surface area contributed by atoms with E-state index in [1.807, 2.05) is 11.8 Å². The number of amides is 1. The summed E-state index contributed by atoms with van der Waals surface area (Å²) in [7, 11) is 1.33. The summed E-state index contributed by atoms with van der Waals surface area (Å²) in [6.45, 7) is 5.05. The van der Waals surface area contributed by atoms with Crippen molar-refractivity contribution in [3.05, 3.63) is 47.1 Å². The molecule has 49 heavy (non-hydrogen) atoms. The van der Waals surface area contributed by atoms with Crippen LogP contribution in [0.5, 0.6) is 5.75 Å². The summed E-state index contributed by atoms with van der Waals surface area (Å²) >= 11 is 0. The van der Waals surface area contributed by atoms with Crippen molar-refractivity contribution in [2.75, 3.05) is 25.1 Å². The first-order chi connectivity index (χ1) is 22.6. The Morgan fingerprint density at radius 2 is 1.69 bits per heavy atom. The molecular weight excluding hydrogens is 675 g/mol. The Kier molecular flexibility index (Phi) is 11.2. The summed E-state index contributed by atoms with van der Waals surface area (Å²) in [5.41, 5.74) is -4.19. The third kappa shape index (κ3) is 9.15. The van der Waals surface area contributed by atoms with Gasteiger partial charge in [-0.25, -0.2) is 4.79 Å². The highest BCUT2D eigenvalue weighted by Gasteiger charge is 2.54. The maximum atomic E-state index is 13.8. The fourth-order valence-electron chi connectivity index (χ4n) is 7.14. The number of benzene rings is 1. The van der Waals surface area contributed by atoms with Crippen LogP contribution in [0.2, 0.25) is 0 Å². The molecule has 1 heterocycles. The van der Waals surface area contributed by atoms with Gasteiger partial charge in [-0.2, -0.15) is 26.3 Å². The van der Waals surface area contributed by atoms with Crippen LogP contribution < -0.4 is 9.64 Å². The van der Waals surface area contributed by atoms with Crippen molar-refractivity contribution < 1.29 is 63.3 Å². The van der Waals surface area contributed by atoms with E-state index in [0.717, 1.165) is 24.0 Å². The van der Waals surface area contributed by atoms with Gasteiger partial charge in [-0.1, -0.05) is 19.9 Å². The van der Waals surface area contributed by atoms with Crippen LogP contribution in [0.25, 0.3) is 0 Å². The van der Waals surface area contributed by atoms with Crippen LogP contribution in [0.4, 0.5) is 50.0 Å². The average Bonchev–Trinajstić information content (AvgIpc) is 3.28. The number of ether oxygens (including phenoxy) is 3. The lowest BCUT2D eigenvalue weighted by Crippen LogP contribution is -2.44. The highest BCUT2D eigenvalue weighted by atomic mass is 19.4. The van der Waals surface area contributed by atoms with Crippen molar-refractivity contribution in [3.8, 4) is 5.75 Å². The number of carbonyl (C=O) groups is 2. The molecule has 0 N–H and O–H groups in total. The van der Waals surface area contributed by atoms with E-state index in [4.69, 9.17) is 9.47 Å². The summed E-state index contributed by atoms with van der Waals surface area (Å²) in [5.74, 6) is -0.950. The van der Waals surface area contributed by atoms with Gasteiger partial charge >= 0.3 is 30.8 Å². The molecule has 1 amide bonds. The fraction of sp³-hybridized carbons (Fsp3) is 0.636. The van der Waals surface area contributed by atoms with E-state index in [1.54, 1.807) is 0 Å². The Balaban J connectivity index is 1.65. The zero-order chi connectivity index (χ0) is 36.5. The summed E-state index contributed by atoms with van der Waals surface area (Å²) in [5, 5.41) is 0. The van der Waals surface area contributed by atoms with Crippen molar-refractivity contribution >= 4 is 17.7 Å². The number of anilines is 1. The molecule has 2 fully saturated rings. The molecule has 0 bridgehead atoms. The molecule has 1 saturated carbocycles. The van der Waals surface area contributed by atoms with E-state index in [1.165, 1.54) is 20.1 Å². The molecule has 1 aromatic rings. The molecule has 274 valence electrons. The van der Waals surface area contributed by atoms with Crippen LogP contribution in [0, 0.1) is 17.3 Å². The number of alkyl halides is 9. The van der Waals surface area contributed by atoms with Gasteiger partial charge in [0.05, 0.1) is 31.2 Å². The largest absolute Gasteiger partial charge is 0.573 e. The molecule has 16 heteroatoms. The van der Waals surface area contributed by atoms with Gasteiger partial charge in [0.25, 0.3) is 0 Å². The number of hydrogen-bond donors (Lipinski definition) is 0. The number of nitrogens with zero attached hydrogens (tertiary/aromatic N) is 2. The number of carbonyl (C=O) groups excluding carboxylic acids is 2. The highest BCUT2D eigenvalue weighted by Crippen LogP contribution is 2.49. The number of allylic oxidation sites excluding steroid dienone is 3. The normalized spacial score (nSPS) is 26.6. The second kappa shape index (κ2) is 14.3. The van der Waals surface area contributed by atoms with Crippen LogP contribution in [0.3, 0.4) is 0 Å². The molecule has 1 unspecified atom stereocenters. The molecule has 4 rings (SSSR count). The lowest BCUT2D eigenvalue weighted by Gasteiger charge is -2.38. The Labute approximate surface area is 278 Å². The minimum absolute atomic E-state index is 0.0453. The summed E-state index contributed by atoms with van der Waals surface area (Å²) in [6.07, 6.45) is -14.7. The first kappa shape index (κ1) is 38.2. The van der Waals surface area contributed by atoms with Crippen molar-refractivity contribution in [1.82, 2.24) is 4.90 Å². The molecule has 7 nitrogen and oxygen atoms in total. The van der Waals surface area contributed by atoms with Crippen LogP contribution in [-0.4, -0.2) is 68.0 Å². The minimum atomic E-state index is -5.11. The number of hydrogen-bond acceptors (Lipinski definition) is 6. The van der Waals surface area contributed by atoms with Gasteiger partial charge < -0.3 is 19.1 Å². The van der Waals surface area contributed by atoms with E-state index >= 15 is 0 Å². The highest BCUT2D eigenvalue weighted by molar-refractivity contribution is 5.72. The third-order valence-electron chi connectivity index (χ3n) is 9.44. The fourth-order valence-corrected chi connectivity index (χ4v) is 7.14. The van der Waals surface area contributed by atoms with E-state index in [0.29, 0.717) is 57.0 Å². The van der Waals surface area contributed by atoms with Gasteiger partial charge in [0.2, 0.25) is 0 Å². The van der Waals surface area contributed by atoms with E-state index in [9.17, 15) is 49.1 Å².